The molecule has 0 saturated heterocycles. The summed E-state index contributed by atoms with van der Waals surface area (Å²) in [5, 5.41) is 14.7. The highest BCUT2D eigenvalue weighted by Gasteiger charge is 2.29. The van der Waals surface area contributed by atoms with E-state index in [4.69, 9.17) is 14.2 Å². The predicted octanol–water partition coefficient (Wildman–Crippen LogP) is 5.15. The minimum Gasteiger partial charge on any atom is -0.493 e. The van der Waals surface area contributed by atoms with Gasteiger partial charge in [-0.1, -0.05) is 18.2 Å². The van der Waals surface area contributed by atoms with Gasteiger partial charge in [0.25, 0.3) is 5.69 Å². The molecule has 0 amide bonds. The van der Waals surface area contributed by atoms with Crippen molar-refractivity contribution in [1.82, 2.24) is 5.32 Å². The lowest BCUT2D eigenvalue weighted by Crippen LogP contribution is -2.22. The molecule has 0 aromatic heterocycles. The number of nitrogens with one attached hydrogen (secondary N) is 1. The number of methoxy groups -OCH3 is 3. The molecule has 0 radical (unpaired) electrons. The Morgan fingerprint density at radius 2 is 1.83 bits per heavy atom. The smallest absolute Gasteiger partial charge is 0.269 e. The number of hydrogen-bond acceptors (Lipinski definition) is 8. The quantitative estimate of drug-likeness (QED) is 0.253. The van der Waals surface area contributed by atoms with Gasteiger partial charge in [0.15, 0.2) is 16.9 Å². The van der Waals surface area contributed by atoms with Crippen LogP contribution in [0.4, 0.5) is 5.69 Å². The van der Waals surface area contributed by atoms with E-state index in [9.17, 15) is 14.9 Å². The van der Waals surface area contributed by atoms with Crippen molar-refractivity contribution in [3.63, 3.8) is 0 Å². The second kappa shape index (κ2) is 11.0. The second-order valence-corrected chi connectivity index (χ2v) is 9.21. The number of aryl methyl sites for hydroxylation is 1. The van der Waals surface area contributed by atoms with E-state index in [1.54, 1.807) is 39.5 Å². The first-order valence-corrected chi connectivity index (χ1v) is 12.7. The van der Waals surface area contributed by atoms with Gasteiger partial charge in [-0.05, 0) is 59.6 Å². The van der Waals surface area contributed by atoms with Crippen LogP contribution in [0.25, 0.3) is 11.1 Å². The van der Waals surface area contributed by atoms with Crippen LogP contribution in [0.2, 0.25) is 0 Å². The zero-order valence-electron chi connectivity index (χ0n) is 20.6. The molecule has 0 bridgehead atoms. The van der Waals surface area contributed by atoms with Crippen LogP contribution in [0, 0.1) is 10.1 Å². The van der Waals surface area contributed by atoms with Crippen LogP contribution in [0.1, 0.15) is 29.2 Å². The Morgan fingerprint density at radius 3 is 2.50 bits per heavy atom. The van der Waals surface area contributed by atoms with Gasteiger partial charge in [0.05, 0.1) is 31.1 Å². The van der Waals surface area contributed by atoms with Crippen molar-refractivity contribution in [2.24, 2.45) is 0 Å². The molecule has 0 spiro atoms. The number of non-ortho nitro benzene ring substituents is 1. The minimum absolute atomic E-state index is 0.0461. The van der Waals surface area contributed by atoms with E-state index in [1.807, 2.05) is 30.5 Å². The fraction of sp³-hybridized carbons (Fsp3) is 0.296. The fourth-order valence-electron chi connectivity index (χ4n) is 4.70. The van der Waals surface area contributed by atoms with E-state index in [0.717, 1.165) is 27.8 Å². The van der Waals surface area contributed by atoms with Crippen LogP contribution in [0.15, 0.2) is 58.2 Å². The standard InChI is InChI=1S/C27H28N2O6S/c1-33-23-13-17-8-10-21(28-15-16-6-5-7-18(12-16)29(31)32)20-14-22(30)24(36-4)11-9-19(20)25(17)27(35-3)26(23)34-2/h5-7,9,11-14,21,28H,8,10,15H2,1-4H3/t21-/m0/s1. The summed E-state index contributed by atoms with van der Waals surface area (Å²) in [7, 11) is 4.75. The average molecular weight is 509 g/mol. The maximum absolute atomic E-state index is 13.1. The van der Waals surface area contributed by atoms with E-state index >= 15 is 0 Å². The number of benzene rings is 2. The number of hydrogen-bond donors (Lipinski definition) is 1. The molecule has 4 rings (SSSR count). The van der Waals surface area contributed by atoms with Gasteiger partial charge in [0.2, 0.25) is 5.75 Å². The molecule has 0 fully saturated rings. The SMILES string of the molecule is COc1cc2c(c(OC)c1OC)-c1ccc(SC)c(=O)cc1[C@@H](NCc1cccc([N+](=O)[O-])c1)CC2. The molecule has 0 heterocycles. The lowest BCUT2D eigenvalue weighted by atomic mass is 9.95. The Bertz CT molecular complexity index is 1360. The molecule has 0 unspecified atom stereocenters. The van der Waals surface area contributed by atoms with Gasteiger partial charge in [-0.3, -0.25) is 14.9 Å². The third-order valence-electron chi connectivity index (χ3n) is 6.39. The summed E-state index contributed by atoms with van der Waals surface area (Å²) >= 11 is 1.40. The number of rotatable bonds is 8. The molecule has 1 N–H and O–H groups in total. The summed E-state index contributed by atoms with van der Waals surface area (Å²) in [5.41, 5.74) is 4.38. The summed E-state index contributed by atoms with van der Waals surface area (Å²) in [6.07, 6.45) is 3.27. The lowest BCUT2D eigenvalue weighted by molar-refractivity contribution is -0.384. The summed E-state index contributed by atoms with van der Waals surface area (Å²) in [6.45, 7) is 0.411. The number of nitrogens with zero attached hydrogens (tertiary/aromatic N) is 1. The van der Waals surface area contributed by atoms with E-state index in [-0.39, 0.29) is 17.2 Å². The van der Waals surface area contributed by atoms with Gasteiger partial charge in [-0.2, -0.15) is 0 Å². The van der Waals surface area contributed by atoms with Crippen LogP contribution in [-0.2, 0) is 13.0 Å². The molecule has 1 aliphatic rings. The number of nitro benzene ring substituents is 1. The minimum atomic E-state index is -0.401. The molecule has 188 valence electrons. The maximum Gasteiger partial charge on any atom is 0.269 e. The molecule has 36 heavy (non-hydrogen) atoms. The van der Waals surface area contributed by atoms with Gasteiger partial charge in [-0.25, -0.2) is 0 Å². The molecule has 8 nitrogen and oxygen atoms in total. The zero-order chi connectivity index (χ0) is 25.8. The molecular weight excluding hydrogens is 480 g/mol. The van der Waals surface area contributed by atoms with Crippen LogP contribution in [0.3, 0.4) is 0 Å². The number of nitro groups is 1. The van der Waals surface area contributed by atoms with Gasteiger partial charge in [0, 0.05) is 30.3 Å². The second-order valence-electron chi connectivity index (χ2n) is 8.36. The molecular formula is C27H28N2O6S. The van der Waals surface area contributed by atoms with Crippen molar-refractivity contribution < 1.29 is 19.1 Å². The Labute approximate surface area is 213 Å². The first kappa shape index (κ1) is 25.5. The largest absolute Gasteiger partial charge is 0.493 e. The molecule has 0 aliphatic heterocycles. The first-order chi connectivity index (χ1) is 17.4. The van der Waals surface area contributed by atoms with Crippen molar-refractivity contribution >= 4 is 17.4 Å². The summed E-state index contributed by atoms with van der Waals surface area (Å²) in [6, 6.07) is 13.8. The number of fused-ring (bicyclic) bond motifs is 3. The predicted molar refractivity (Wildman–Crippen MR) is 141 cm³/mol. The van der Waals surface area contributed by atoms with Gasteiger partial charge >= 0.3 is 0 Å². The van der Waals surface area contributed by atoms with Gasteiger partial charge in [0.1, 0.15) is 0 Å². The van der Waals surface area contributed by atoms with Crippen LogP contribution >= 0.6 is 11.8 Å². The van der Waals surface area contributed by atoms with E-state index < -0.39 is 4.92 Å². The van der Waals surface area contributed by atoms with Crippen LogP contribution in [-0.4, -0.2) is 32.5 Å². The molecule has 0 saturated carbocycles. The Hall–Kier alpha value is -3.56. The van der Waals surface area contributed by atoms with E-state index in [1.165, 1.54) is 17.8 Å². The van der Waals surface area contributed by atoms with E-state index in [2.05, 4.69) is 5.32 Å². The third kappa shape index (κ3) is 4.89. The molecule has 9 heteroatoms. The third-order valence-corrected chi connectivity index (χ3v) is 7.17. The zero-order valence-corrected chi connectivity index (χ0v) is 21.4. The normalized spacial score (nSPS) is 14.3. The molecule has 3 aromatic carbocycles. The summed E-state index contributed by atoms with van der Waals surface area (Å²) < 4.78 is 17.1. The molecule has 1 aliphatic carbocycles. The number of thioether (sulfide) groups is 1. The van der Waals surface area contributed by atoms with Crippen LogP contribution in [0.5, 0.6) is 17.2 Å². The van der Waals surface area contributed by atoms with Crippen LogP contribution < -0.4 is 25.0 Å². The summed E-state index contributed by atoms with van der Waals surface area (Å²) in [4.78, 5) is 24.5. The molecule has 1 atom stereocenters. The summed E-state index contributed by atoms with van der Waals surface area (Å²) in [5.74, 6) is 1.62. The van der Waals surface area contributed by atoms with Crippen molar-refractivity contribution in [2.45, 2.75) is 30.3 Å². The Balaban J connectivity index is 1.86. The highest BCUT2D eigenvalue weighted by atomic mass is 32.2. The van der Waals surface area contributed by atoms with Gasteiger partial charge < -0.3 is 19.5 Å². The average Bonchev–Trinajstić information content (AvgIpc) is 3.14. The van der Waals surface area contributed by atoms with Gasteiger partial charge in [-0.15, -0.1) is 11.8 Å². The van der Waals surface area contributed by atoms with E-state index in [0.29, 0.717) is 41.5 Å². The maximum atomic E-state index is 13.1. The Kier molecular flexibility index (Phi) is 7.81. The van der Waals surface area contributed by atoms with Crippen molar-refractivity contribution in [2.75, 3.05) is 27.6 Å². The topological polar surface area (TPSA) is 99.9 Å². The monoisotopic (exact) mass is 508 g/mol. The number of ether oxygens (including phenoxy) is 3. The Morgan fingerprint density at radius 1 is 1.06 bits per heavy atom. The first-order valence-electron chi connectivity index (χ1n) is 11.4. The van der Waals surface area contributed by atoms with Crippen molar-refractivity contribution in [3.05, 3.63) is 85.6 Å². The highest BCUT2D eigenvalue weighted by Crippen LogP contribution is 2.50. The lowest BCUT2D eigenvalue weighted by Gasteiger charge is -2.20. The highest BCUT2D eigenvalue weighted by molar-refractivity contribution is 7.98. The molecule has 3 aromatic rings. The van der Waals surface area contributed by atoms with Crippen molar-refractivity contribution in [1.29, 1.82) is 0 Å². The van der Waals surface area contributed by atoms with Crippen molar-refractivity contribution in [3.8, 4) is 28.4 Å². The fourth-order valence-corrected chi connectivity index (χ4v) is 5.16.